The van der Waals surface area contributed by atoms with Crippen LogP contribution in [0.25, 0.3) is 0 Å². The number of ether oxygens (including phenoxy) is 1. The molecule has 25 heavy (non-hydrogen) atoms. The monoisotopic (exact) mass is 363 g/mol. The fraction of sp³-hybridized carbons (Fsp3) is 0.278. The van der Waals surface area contributed by atoms with Crippen molar-refractivity contribution in [2.24, 2.45) is 4.99 Å². The lowest BCUT2D eigenvalue weighted by atomic mass is 10.1. The number of pyridine rings is 1. The molecule has 5 nitrogen and oxygen atoms in total. The van der Waals surface area contributed by atoms with Crippen molar-refractivity contribution >= 4 is 22.8 Å². The maximum absolute atomic E-state index is 12.8. The SMILES string of the molecule is COc1ccccn1.CSC(=NC(C)c1ccc(F)cc1)NC(C)=O. The first kappa shape index (κ1) is 20.6. The molecule has 0 radical (unpaired) electrons. The van der Waals surface area contributed by atoms with E-state index in [0.717, 1.165) is 5.56 Å². The van der Waals surface area contributed by atoms with Crippen molar-refractivity contribution in [3.8, 4) is 5.88 Å². The Kier molecular flexibility index (Phi) is 9.24. The second kappa shape index (κ2) is 11.2. The molecule has 0 fully saturated rings. The molecule has 2 rings (SSSR count). The van der Waals surface area contributed by atoms with E-state index in [2.05, 4.69) is 15.3 Å². The third-order valence-electron chi connectivity index (χ3n) is 2.99. The number of rotatable bonds is 3. The zero-order valence-electron chi connectivity index (χ0n) is 14.7. The molecule has 1 atom stereocenters. The smallest absolute Gasteiger partial charge is 0.222 e. The number of amides is 1. The first-order valence-corrected chi connectivity index (χ1v) is 8.78. The van der Waals surface area contributed by atoms with Crippen LogP contribution in [0.1, 0.15) is 25.5 Å². The number of hydrogen-bond donors (Lipinski definition) is 1. The van der Waals surface area contributed by atoms with Crippen LogP contribution in [0.4, 0.5) is 4.39 Å². The molecule has 134 valence electrons. The van der Waals surface area contributed by atoms with E-state index in [0.29, 0.717) is 11.0 Å². The first-order valence-electron chi connectivity index (χ1n) is 7.56. The lowest BCUT2D eigenvalue weighted by Crippen LogP contribution is -2.25. The number of benzene rings is 1. The number of nitrogens with zero attached hydrogens (tertiary/aromatic N) is 2. The Bertz CT molecular complexity index is 678. The number of aliphatic imine (C=N–C) groups is 1. The maximum Gasteiger partial charge on any atom is 0.222 e. The van der Waals surface area contributed by atoms with Crippen molar-refractivity contribution in [1.82, 2.24) is 10.3 Å². The molecular formula is C18H22FN3O2S. The Morgan fingerprint density at radius 2 is 1.96 bits per heavy atom. The topological polar surface area (TPSA) is 63.6 Å². The summed E-state index contributed by atoms with van der Waals surface area (Å²) in [6, 6.07) is 11.6. The van der Waals surface area contributed by atoms with Gasteiger partial charge in [-0.25, -0.2) is 9.37 Å². The molecule has 0 spiro atoms. The van der Waals surface area contributed by atoms with Gasteiger partial charge in [0, 0.05) is 19.2 Å². The summed E-state index contributed by atoms with van der Waals surface area (Å²) in [5, 5.41) is 3.21. The van der Waals surface area contributed by atoms with Crippen molar-refractivity contribution in [2.45, 2.75) is 19.9 Å². The van der Waals surface area contributed by atoms with Crippen LogP contribution in [0.2, 0.25) is 0 Å². The Labute approximate surface area is 151 Å². The summed E-state index contributed by atoms with van der Waals surface area (Å²) in [4.78, 5) is 19.2. The van der Waals surface area contributed by atoms with E-state index in [-0.39, 0.29) is 17.8 Å². The van der Waals surface area contributed by atoms with Gasteiger partial charge in [0.2, 0.25) is 11.8 Å². The van der Waals surface area contributed by atoms with Gasteiger partial charge in [-0.2, -0.15) is 0 Å². The highest BCUT2D eigenvalue weighted by Gasteiger charge is 2.06. The van der Waals surface area contributed by atoms with Crippen LogP contribution in [0.5, 0.6) is 5.88 Å². The Morgan fingerprint density at radius 3 is 2.40 bits per heavy atom. The number of thioether (sulfide) groups is 1. The molecule has 1 unspecified atom stereocenters. The van der Waals surface area contributed by atoms with Gasteiger partial charge in [-0.3, -0.25) is 9.79 Å². The second-order valence-corrected chi connectivity index (χ2v) is 5.71. The van der Waals surface area contributed by atoms with Crippen LogP contribution in [-0.2, 0) is 4.79 Å². The molecule has 0 bridgehead atoms. The van der Waals surface area contributed by atoms with E-state index in [9.17, 15) is 9.18 Å². The molecule has 1 N–H and O–H groups in total. The summed E-state index contributed by atoms with van der Waals surface area (Å²) in [6.07, 6.45) is 3.53. The number of hydrogen-bond acceptors (Lipinski definition) is 5. The minimum atomic E-state index is -0.267. The first-order chi connectivity index (χ1) is 12.0. The van der Waals surface area contributed by atoms with Crippen LogP contribution in [0, 0.1) is 5.82 Å². The van der Waals surface area contributed by atoms with Crippen LogP contribution in [0.3, 0.4) is 0 Å². The van der Waals surface area contributed by atoms with Gasteiger partial charge < -0.3 is 10.1 Å². The largest absolute Gasteiger partial charge is 0.481 e. The Balaban J connectivity index is 0.000000324. The average molecular weight is 363 g/mol. The van der Waals surface area contributed by atoms with Gasteiger partial charge in [-0.15, -0.1) is 0 Å². The summed E-state index contributed by atoms with van der Waals surface area (Å²) in [5.74, 6) is 0.244. The van der Waals surface area contributed by atoms with Crippen molar-refractivity contribution in [1.29, 1.82) is 0 Å². The predicted octanol–water partition coefficient (Wildman–Crippen LogP) is 3.83. The summed E-state index contributed by atoms with van der Waals surface area (Å²) < 4.78 is 17.6. The molecular weight excluding hydrogens is 341 g/mol. The van der Waals surface area contributed by atoms with Crippen LogP contribution in [-0.4, -0.2) is 29.4 Å². The lowest BCUT2D eigenvalue weighted by molar-refractivity contribution is -0.117. The quantitative estimate of drug-likeness (QED) is 0.665. The van der Waals surface area contributed by atoms with Gasteiger partial charge in [0.1, 0.15) is 5.82 Å². The highest BCUT2D eigenvalue weighted by molar-refractivity contribution is 8.13. The maximum atomic E-state index is 12.8. The number of halogens is 1. The van der Waals surface area contributed by atoms with Crippen molar-refractivity contribution < 1.29 is 13.9 Å². The van der Waals surface area contributed by atoms with Gasteiger partial charge >= 0.3 is 0 Å². The molecule has 7 heteroatoms. The fourth-order valence-corrected chi connectivity index (χ4v) is 2.26. The zero-order chi connectivity index (χ0) is 18.7. The number of aromatic nitrogens is 1. The van der Waals surface area contributed by atoms with Gasteiger partial charge in [0.15, 0.2) is 5.17 Å². The van der Waals surface area contributed by atoms with E-state index in [4.69, 9.17) is 4.74 Å². The third-order valence-corrected chi connectivity index (χ3v) is 3.58. The molecule has 0 aliphatic heterocycles. The number of nitrogens with one attached hydrogen (secondary N) is 1. The molecule has 1 heterocycles. The van der Waals surface area contributed by atoms with Crippen molar-refractivity contribution in [3.05, 3.63) is 60.0 Å². The Morgan fingerprint density at radius 1 is 1.28 bits per heavy atom. The molecule has 0 saturated carbocycles. The van der Waals surface area contributed by atoms with E-state index in [1.807, 2.05) is 25.3 Å². The van der Waals surface area contributed by atoms with Crippen LogP contribution >= 0.6 is 11.8 Å². The van der Waals surface area contributed by atoms with Crippen molar-refractivity contribution in [3.63, 3.8) is 0 Å². The van der Waals surface area contributed by atoms with Crippen molar-refractivity contribution in [2.75, 3.05) is 13.4 Å². The van der Waals surface area contributed by atoms with Gasteiger partial charge in [-0.1, -0.05) is 30.0 Å². The minimum Gasteiger partial charge on any atom is -0.481 e. The van der Waals surface area contributed by atoms with Crippen LogP contribution in [0.15, 0.2) is 53.7 Å². The third kappa shape index (κ3) is 8.30. The van der Waals surface area contributed by atoms with Gasteiger partial charge in [-0.05, 0) is 36.9 Å². The van der Waals surface area contributed by atoms with Crippen LogP contribution < -0.4 is 10.1 Å². The highest BCUT2D eigenvalue weighted by Crippen LogP contribution is 2.18. The van der Waals surface area contributed by atoms with Gasteiger partial charge in [0.05, 0.1) is 13.2 Å². The summed E-state index contributed by atoms with van der Waals surface area (Å²) >= 11 is 1.37. The minimum absolute atomic E-state index is 0.120. The summed E-state index contributed by atoms with van der Waals surface area (Å²) in [6.45, 7) is 3.33. The van der Waals surface area contributed by atoms with Gasteiger partial charge in [0.25, 0.3) is 0 Å². The number of amidine groups is 1. The molecule has 1 amide bonds. The molecule has 1 aromatic heterocycles. The summed E-state index contributed by atoms with van der Waals surface area (Å²) in [7, 11) is 1.60. The molecule has 1 aromatic carbocycles. The van der Waals surface area contributed by atoms with E-state index in [1.54, 1.807) is 31.5 Å². The molecule has 0 aliphatic carbocycles. The number of carbonyl (C=O) groups excluding carboxylic acids is 1. The average Bonchev–Trinajstić information content (AvgIpc) is 2.62. The lowest BCUT2D eigenvalue weighted by Gasteiger charge is -2.10. The van der Waals surface area contributed by atoms with E-state index >= 15 is 0 Å². The van der Waals surface area contributed by atoms with E-state index in [1.165, 1.54) is 30.8 Å². The predicted molar refractivity (Wildman–Crippen MR) is 100 cm³/mol. The Hall–Kier alpha value is -2.41. The normalized spacial score (nSPS) is 11.8. The number of methoxy groups -OCH3 is 1. The molecule has 0 aliphatic rings. The second-order valence-electron chi connectivity index (χ2n) is 4.92. The molecule has 0 saturated heterocycles. The van der Waals surface area contributed by atoms with E-state index < -0.39 is 0 Å². The summed E-state index contributed by atoms with van der Waals surface area (Å²) in [5.41, 5.74) is 0.906. The molecule has 2 aromatic rings. The number of carbonyl (C=O) groups is 1. The highest BCUT2D eigenvalue weighted by atomic mass is 32.2. The zero-order valence-corrected chi connectivity index (χ0v) is 15.5. The fourth-order valence-electron chi connectivity index (χ4n) is 1.75. The standard InChI is InChI=1S/C12H15FN2OS.C6H7NO/c1-8(10-4-6-11(13)7-5-10)14-12(17-3)15-9(2)16;1-8-6-4-2-3-5-7-6/h4-8H,1-3H3,(H,14,15,16);2-5H,1H3.